The quantitative estimate of drug-likeness (QED) is 0.639. The van der Waals surface area contributed by atoms with Crippen LogP contribution >= 0.6 is 24.8 Å². The average molecular weight is 441 g/mol. The van der Waals surface area contributed by atoms with Crippen molar-refractivity contribution < 1.29 is 14.3 Å². The lowest BCUT2D eigenvalue weighted by Crippen LogP contribution is -2.37. The molecule has 2 aromatic rings. The molecule has 1 unspecified atom stereocenters. The molecule has 4 N–H and O–H groups in total. The van der Waals surface area contributed by atoms with Crippen molar-refractivity contribution in [3.8, 4) is 0 Å². The van der Waals surface area contributed by atoms with Crippen LogP contribution in [0.5, 0.6) is 0 Å². The molecule has 1 fully saturated rings. The summed E-state index contributed by atoms with van der Waals surface area (Å²) in [7, 11) is 0. The van der Waals surface area contributed by atoms with E-state index < -0.39 is 6.10 Å². The maximum absolute atomic E-state index is 12.3. The molecule has 1 saturated heterocycles. The molecule has 1 aromatic heterocycles. The Labute approximate surface area is 182 Å². The smallest absolute Gasteiger partial charge is 0.255 e. The first-order valence-electron chi connectivity index (χ1n) is 9.04. The number of carbonyl (C=O) groups excluding carboxylic acids is 2. The number of nitrogens with zero attached hydrogens (tertiary/aromatic N) is 1. The van der Waals surface area contributed by atoms with Crippen molar-refractivity contribution in [1.82, 2.24) is 10.3 Å². The van der Waals surface area contributed by atoms with Crippen LogP contribution < -0.4 is 16.4 Å². The zero-order valence-electron chi connectivity index (χ0n) is 16.0. The summed E-state index contributed by atoms with van der Waals surface area (Å²) in [5.41, 5.74) is 7.76. The van der Waals surface area contributed by atoms with Gasteiger partial charge in [-0.05, 0) is 49.6 Å². The highest BCUT2D eigenvalue weighted by Crippen LogP contribution is 2.21. The largest absolute Gasteiger partial charge is 0.364 e. The summed E-state index contributed by atoms with van der Waals surface area (Å²) in [6.45, 7) is 2.35. The third kappa shape index (κ3) is 6.68. The van der Waals surface area contributed by atoms with E-state index in [-0.39, 0.29) is 48.8 Å². The lowest BCUT2D eigenvalue weighted by Gasteiger charge is -2.18. The van der Waals surface area contributed by atoms with E-state index in [0.717, 1.165) is 12.0 Å². The lowest BCUT2D eigenvalue weighted by molar-refractivity contribution is -0.132. The highest BCUT2D eigenvalue weighted by Gasteiger charge is 2.30. The summed E-state index contributed by atoms with van der Waals surface area (Å²) < 4.78 is 5.63. The van der Waals surface area contributed by atoms with Crippen molar-refractivity contribution >= 4 is 42.3 Å². The second kappa shape index (κ2) is 11.7. The van der Waals surface area contributed by atoms with Gasteiger partial charge in [-0.15, -0.1) is 24.8 Å². The minimum atomic E-state index is -0.431. The number of nitrogens with two attached hydrogens (primary N) is 1. The third-order valence-electron chi connectivity index (χ3n) is 4.63. The van der Waals surface area contributed by atoms with Crippen molar-refractivity contribution in [2.45, 2.75) is 38.0 Å². The number of rotatable bonds is 6. The maximum atomic E-state index is 12.3. The summed E-state index contributed by atoms with van der Waals surface area (Å²) in [5.74, 6) is -0.312. The highest BCUT2D eigenvalue weighted by molar-refractivity contribution is 6.04. The number of carbonyl (C=O) groups is 2. The number of hydrogen-bond donors (Lipinski definition) is 3. The summed E-state index contributed by atoms with van der Waals surface area (Å²) in [4.78, 5) is 28.4. The number of nitrogens with one attached hydrogen (secondary N) is 2. The van der Waals surface area contributed by atoms with Gasteiger partial charge in [0.2, 0.25) is 5.91 Å². The topological polar surface area (TPSA) is 106 Å². The van der Waals surface area contributed by atoms with E-state index in [0.29, 0.717) is 24.2 Å². The number of anilines is 1. The molecule has 0 bridgehead atoms. The number of hydrogen-bond acceptors (Lipinski definition) is 5. The molecule has 0 aliphatic carbocycles. The Morgan fingerprint density at radius 3 is 2.38 bits per heavy atom. The number of halogens is 2. The van der Waals surface area contributed by atoms with Crippen molar-refractivity contribution in [3.63, 3.8) is 0 Å². The van der Waals surface area contributed by atoms with Gasteiger partial charge in [0.25, 0.3) is 5.91 Å². The molecule has 158 valence electrons. The molecule has 1 aliphatic heterocycles. The van der Waals surface area contributed by atoms with Crippen LogP contribution in [0.2, 0.25) is 0 Å². The molecule has 0 saturated carbocycles. The molecule has 1 aromatic carbocycles. The lowest BCUT2D eigenvalue weighted by atomic mass is 10.1. The molecule has 2 amide bonds. The fourth-order valence-electron chi connectivity index (χ4n) is 3.02. The van der Waals surface area contributed by atoms with Crippen LogP contribution in [0.15, 0.2) is 48.8 Å². The fraction of sp³-hybridized carbons (Fsp3) is 0.350. The van der Waals surface area contributed by atoms with Crippen molar-refractivity contribution in [2.75, 3.05) is 11.9 Å². The van der Waals surface area contributed by atoms with Crippen LogP contribution in [-0.2, 0) is 9.53 Å². The standard InChI is InChI=1S/C20H24N4O3.2ClH/c1-13(23-20(26)18-7-6-17(12-21)27-18)14-2-4-16(5-3-14)24-19(25)15-8-10-22-11-9-15;;/h2-5,8-11,13,17-18H,6-7,12,21H2,1H3,(H,23,26)(H,24,25);2*1H/t13?,17-,18+;;/m1../s1. The zero-order valence-corrected chi connectivity index (χ0v) is 17.7. The molecule has 7 nitrogen and oxygen atoms in total. The number of aromatic nitrogens is 1. The second-order valence-electron chi connectivity index (χ2n) is 6.60. The average Bonchev–Trinajstić information content (AvgIpc) is 3.18. The van der Waals surface area contributed by atoms with Gasteiger partial charge in [-0.2, -0.15) is 0 Å². The van der Waals surface area contributed by atoms with Crippen molar-refractivity contribution in [3.05, 3.63) is 59.9 Å². The first-order valence-corrected chi connectivity index (χ1v) is 9.04. The van der Waals surface area contributed by atoms with Crippen LogP contribution in [0.1, 0.15) is 41.7 Å². The first kappa shape index (κ1) is 24.8. The Kier molecular flexibility index (Phi) is 10.0. The van der Waals surface area contributed by atoms with E-state index in [1.54, 1.807) is 24.5 Å². The van der Waals surface area contributed by atoms with Crippen LogP contribution in [0.3, 0.4) is 0 Å². The number of pyridine rings is 1. The molecular weight excluding hydrogens is 415 g/mol. The van der Waals surface area contributed by atoms with Gasteiger partial charge in [-0.1, -0.05) is 12.1 Å². The van der Waals surface area contributed by atoms with E-state index in [2.05, 4.69) is 15.6 Å². The van der Waals surface area contributed by atoms with E-state index in [4.69, 9.17) is 10.5 Å². The molecule has 3 atom stereocenters. The molecule has 1 aliphatic rings. The van der Waals surface area contributed by atoms with Crippen LogP contribution in [0.25, 0.3) is 0 Å². The van der Waals surface area contributed by atoms with Crippen LogP contribution in [0, 0.1) is 0 Å². The molecule has 2 heterocycles. The number of benzene rings is 1. The fourth-order valence-corrected chi connectivity index (χ4v) is 3.02. The number of ether oxygens (including phenoxy) is 1. The minimum absolute atomic E-state index is 0. The van der Waals surface area contributed by atoms with Gasteiger partial charge >= 0.3 is 0 Å². The van der Waals surface area contributed by atoms with Gasteiger partial charge in [-0.25, -0.2) is 0 Å². The normalized spacial score (nSPS) is 18.7. The van der Waals surface area contributed by atoms with E-state index in [9.17, 15) is 9.59 Å². The molecule has 3 rings (SSSR count). The third-order valence-corrected chi connectivity index (χ3v) is 4.63. The van der Waals surface area contributed by atoms with Crippen molar-refractivity contribution in [1.29, 1.82) is 0 Å². The SMILES string of the molecule is CC(NC(=O)[C@@H]1CC[C@H](CN)O1)c1ccc(NC(=O)c2ccncc2)cc1.Cl.Cl. The summed E-state index contributed by atoms with van der Waals surface area (Å²) in [6.07, 6.45) is 4.20. The van der Waals surface area contributed by atoms with Gasteiger partial charge in [0, 0.05) is 30.2 Å². The Hall–Kier alpha value is -2.19. The Bertz CT molecular complexity index is 790. The van der Waals surface area contributed by atoms with Crippen LogP contribution in [0.4, 0.5) is 5.69 Å². The minimum Gasteiger partial charge on any atom is -0.364 e. The Morgan fingerprint density at radius 2 is 1.79 bits per heavy atom. The van der Waals surface area contributed by atoms with E-state index >= 15 is 0 Å². The monoisotopic (exact) mass is 440 g/mol. The van der Waals surface area contributed by atoms with Gasteiger partial charge < -0.3 is 21.1 Å². The molecule has 29 heavy (non-hydrogen) atoms. The maximum Gasteiger partial charge on any atom is 0.255 e. The Balaban J connectivity index is 0.00000210. The number of amides is 2. The second-order valence-corrected chi connectivity index (χ2v) is 6.60. The predicted molar refractivity (Wildman–Crippen MR) is 117 cm³/mol. The van der Waals surface area contributed by atoms with Crippen LogP contribution in [-0.4, -0.2) is 35.6 Å². The van der Waals surface area contributed by atoms with Gasteiger partial charge in [0.15, 0.2) is 0 Å². The van der Waals surface area contributed by atoms with Gasteiger partial charge in [-0.3, -0.25) is 14.6 Å². The Morgan fingerprint density at radius 1 is 1.14 bits per heavy atom. The molecular formula is C20H26Cl2N4O3. The van der Waals surface area contributed by atoms with Gasteiger partial charge in [0.05, 0.1) is 12.1 Å². The molecule has 9 heteroatoms. The highest BCUT2D eigenvalue weighted by atomic mass is 35.5. The van der Waals surface area contributed by atoms with E-state index in [1.807, 2.05) is 31.2 Å². The first-order chi connectivity index (χ1) is 13.1. The zero-order chi connectivity index (χ0) is 19.2. The summed E-state index contributed by atoms with van der Waals surface area (Å²) >= 11 is 0. The van der Waals surface area contributed by atoms with Crippen molar-refractivity contribution in [2.24, 2.45) is 5.73 Å². The molecule has 0 spiro atoms. The summed E-state index contributed by atoms with van der Waals surface area (Å²) in [6, 6.07) is 10.5. The summed E-state index contributed by atoms with van der Waals surface area (Å²) in [5, 5.41) is 5.81. The predicted octanol–water partition coefficient (Wildman–Crippen LogP) is 2.86. The van der Waals surface area contributed by atoms with Gasteiger partial charge in [0.1, 0.15) is 6.10 Å². The van der Waals surface area contributed by atoms with E-state index in [1.165, 1.54) is 0 Å². The molecule has 0 radical (unpaired) electrons.